The molecule has 0 amide bonds. The standard InChI is InChI=1S/C18H19ClN2O4S2/c1-13-8-15(19)11-17(9-13)26-18-3-2-16(21(22)23)10-14(18)12-20-4-6-27(24,25)7-5-20/h2-3,8-11H,4-7,12H2,1H3. The number of hydrogen-bond donors (Lipinski definition) is 0. The van der Waals surface area contributed by atoms with Crippen molar-refractivity contribution in [3.8, 4) is 0 Å². The summed E-state index contributed by atoms with van der Waals surface area (Å²) in [5.41, 5.74) is 1.88. The van der Waals surface area contributed by atoms with Crippen LogP contribution in [-0.2, 0) is 16.4 Å². The van der Waals surface area contributed by atoms with Gasteiger partial charge < -0.3 is 0 Å². The van der Waals surface area contributed by atoms with Crippen molar-refractivity contribution in [3.05, 3.63) is 62.7 Å². The quantitative estimate of drug-likeness (QED) is 0.532. The van der Waals surface area contributed by atoms with E-state index >= 15 is 0 Å². The highest BCUT2D eigenvalue weighted by Crippen LogP contribution is 2.35. The number of nitro groups is 1. The highest BCUT2D eigenvalue weighted by Gasteiger charge is 2.23. The predicted octanol–water partition coefficient (Wildman–Crippen LogP) is 3.94. The molecule has 1 saturated heterocycles. The second kappa shape index (κ2) is 8.18. The lowest BCUT2D eigenvalue weighted by molar-refractivity contribution is -0.385. The molecule has 3 rings (SSSR count). The van der Waals surface area contributed by atoms with Gasteiger partial charge in [-0.25, -0.2) is 8.42 Å². The van der Waals surface area contributed by atoms with Gasteiger partial charge in [0.2, 0.25) is 0 Å². The van der Waals surface area contributed by atoms with E-state index < -0.39 is 14.8 Å². The number of aryl methyl sites for hydroxylation is 1. The summed E-state index contributed by atoms with van der Waals surface area (Å²) in [5, 5.41) is 11.8. The van der Waals surface area contributed by atoms with Gasteiger partial charge in [0.05, 0.1) is 16.4 Å². The lowest BCUT2D eigenvalue weighted by Gasteiger charge is -2.27. The first-order valence-corrected chi connectivity index (χ1v) is 11.4. The van der Waals surface area contributed by atoms with E-state index in [1.54, 1.807) is 12.1 Å². The van der Waals surface area contributed by atoms with Crippen LogP contribution in [0, 0.1) is 17.0 Å². The van der Waals surface area contributed by atoms with Crippen molar-refractivity contribution < 1.29 is 13.3 Å². The average molecular weight is 427 g/mol. The minimum Gasteiger partial charge on any atom is -0.297 e. The average Bonchev–Trinajstić information content (AvgIpc) is 2.57. The molecule has 0 spiro atoms. The van der Waals surface area contributed by atoms with Gasteiger partial charge in [0, 0.05) is 46.6 Å². The molecule has 0 aromatic heterocycles. The highest BCUT2D eigenvalue weighted by molar-refractivity contribution is 7.99. The summed E-state index contributed by atoms with van der Waals surface area (Å²) in [5.74, 6) is 0.246. The lowest BCUT2D eigenvalue weighted by atomic mass is 10.2. The maximum absolute atomic E-state index is 11.6. The molecule has 0 bridgehead atoms. The summed E-state index contributed by atoms with van der Waals surface area (Å²) in [6.07, 6.45) is 0. The van der Waals surface area contributed by atoms with Crippen molar-refractivity contribution in [1.82, 2.24) is 4.90 Å². The molecule has 1 aliphatic heterocycles. The van der Waals surface area contributed by atoms with Crippen LogP contribution in [0.3, 0.4) is 0 Å². The molecule has 0 radical (unpaired) electrons. The van der Waals surface area contributed by atoms with Crippen LogP contribution in [0.2, 0.25) is 5.02 Å². The molecule has 144 valence electrons. The van der Waals surface area contributed by atoms with E-state index in [1.165, 1.54) is 17.8 Å². The van der Waals surface area contributed by atoms with E-state index in [0.717, 1.165) is 20.9 Å². The summed E-state index contributed by atoms with van der Waals surface area (Å²) in [6.45, 7) is 3.30. The second-order valence-corrected chi connectivity index (χ2v) is 10.4. The van der Waals surface area contributed by atoms with Crippen LogP contribution >= 0.6 is 23.4 Å². The van der Waals surface area contributed by atoms with E-state index in [9.17, 15) is 18.5 Å². The molecule has 0 aliphatic carbocycles. The topological polar surface area (TPSA) is 80.5 Å². The molecule has 27 heavy (non-hydrogen) atoms. The second-order valence-electron chi connectivity index (χ2n) is 6.54. The molecular formula is C18H19ClN2O4S2. The minimum atomic E-state index is -2.97. The van der Waals surface area contributed by atoms with E-state index in [4.69, 9.17) is 11.6 Å². The van der Waals surface area contributed by atoms with Gasteiger partial charge in [0.25, 0.3) is 5.69 Å². The molecule has 9 heteroatoms. The number of halogens is 1. The molecule has 1 aliphatic rings. The third-order valence-corrected chi connectivity index (χ3v) is 7.25. The first-order valence-electron chi connectivity index (χ1n) is 8.37. The summed E-state index contributed by atoms with van der Waals surface area (Å²) < 4.78 is 23.3. The molecular weight excluding hydrogens is 408 g/mol. The summed E-state index contributed by atoms with van der Waals surface area (Å²) in [7, 11) is -2.97. The van der Waals surface area contributed by atoms with Crippen LogP contribution in [0.25, 0.3) is 0 Å². The Morgan fingerprint density at radius 2 is 1.89 bits per heavy atom. The highest BCUT2D eigenvalue weighted by atomic mass is 35.5. The van der Waals surface area contributed by atoms with Crippen molar-refractivity contribution >= 4 is 38.9 Å². The fraction of sp³-hybridized carbons (Fsp3) is 0.333. The third kappa shape index (κ3) is 5.44. The number of nitro benzene ring substituents is 1. The van der Waals surface area contributed by atoms with E-state index in [0.29, 0.717) is 24.7 Å². The Morgan fingerprint density at radius 3 is 2.52 bits per heavy atom. The molecule has 6 nitrogen and oxygen atoms in total. The van der Waals surface area contributed by atoms with Gasteiger partial charge in [-0.05, 0) is 42.3 Å². The summed E-state index contributed by atoms with van der Waals surface area (Å²) in [6, 6.07) is 10.5. The van der Waals surface area contributed by atoms with Gasteiger partial charge >= 0.3 is 0 Å². The van der Waals surface area contributed by atoms with Gasteiger partial charge in [-0.3, -0.25) is 15.0 Å². The maximum Gasteiger partial charge on any atom is 0.269 e. The normalized spacial score (nSPS) is 17.0. The molecule has 0 unspecified atom stereocenters. The number of hydrogen-bond acceptors (Lipinski definition) is 6. The van der Waals surface area contributed by atoms with Crippen LogP contribution in [0.5, 0.6) is 0 Å². The smallest absolute Gasteiger partial charge is 0.269 e. The predicted molar refractivity (Wildman–Crippen MR) is 107 cm³/mol. The Bertz CT molecular complexity index is 945. The number of rotatable bonds is 5. The van der Waals surface area contributed by atoms with E-state index in [1.807, 2.05) is 30.0 Å². The summed E-state index contributed by atoms with van der Waals surface area (Å²) >= 11 is 7.64. The van der Waals surface area contributed by atoms with Gasteiger partial charge in [-0.15, -0.1) is 0 Å². The third-order valence-electron chi connectivity index (χ3n) is 4.33. The van der Waals surface area contributed by atoms with Gasteiger partial charge in [0.15, 0.2) is 9.84 Å². The van der Waals surface area contributed by atoms with Crippen LogP contribution in [-0.4, -0.2) is 42.8 Å². The Labute approximate surface area is 167 Å². The van der Waals surface area contributed by atoms with Gasteiger partial charge in [-0.2, -0.15) is 0 Å². The zero-order chi connectivity index (χ0) is 19.6. The lowest BCUT2D eigenvalue weighted by Crippen LogP contribution is -2.39. The molecule has 0 N–H and O–H groups in total. The molecule has 1 heterocycles. The van der Waals surface area contributed by atoms with Gasteiger partial charge in [-0.1, -0.05) is 23.4 Å². The monoisotopic (exact) mass is 426 g/mol. The number of nitrogens with zero attached hydrogens (tertiary/aromatic N) is 2. The van der Waals surface area contributed by atoms with Crippen LogP contribution in [0.15, 0.2) is 46.2 Å². The van der Waals surface area contributed by atoms with Gasteiger partial charge in [0.1, 0.15) is 0 Å². The molecule has 2 aromatic carbocycles. The number of benzene rings is 2. The summed E-state index contributed by atoms with van der Waals surface area (Å²) in [4.78, 5) is 14.6. The van der Waals surface area contributed by atoms with Crippen molar-refractivity contribution in [3.63, 3.8) is 0 Å². The maximum atomic E-state index is 11.6. The fourth-order valence-corrected chi connectivity index (χ4v) is 5.65. The minimum absolute atomic E-state index is 0.0289. The molecule has 0 atom stereocenters. The molecule has 1 fully saturated rings. The van der Waals surface area contributed by atoms with Crippen molar-refractivity contribution in [2.24, 2.45) is 0 Å². The molecule has 0 saturated carbocycles. The SMILES string of the molecule is Cc1cc(Cl)cc(Sc2ccc([N+](=O)[O-])cc2CN2CCS(=O)(=O)CC2)c1. The fourth-order valence-electron chi connectivity index (χ4n) is 2.94. The van der Waals surface area contributed by atoms with Crippen molar-refractivity contribution in [2.45, 2.75) is 23.3 Å². The Kier molecular flexibility index (Phi) is 6.10. The Balaban J connectivity index is 1.87. The number of non-ortho nitro benzene ring substituents is 1. The zero-order valence-electron chi connectivity index (χ0n) is 14.7. The molecule has 2 aromatic rings. The zero-order valence-corrected chi connectivity index (χ0v) is 17.1. The van der Waals surface area contributed by atoms with Crippen molar-refractivity contribution in [1.29, 1.82) is 0 Å². The van der Waals surface area contributed by atoms with E-state index in [2.05, 4.69) is 0 Å². The first kappa shape index (κ1) is 20.1. The van der Waals surface area contributed by atoms with Crippen LogP contribution < -0.4 is 0 Å². The van der Waals surface area contributed by atoms with Crippen LogP contribution in [0.1, 0.15) is 11.1 Å². The van der Waals surface area contributed by atoms with E-state index in [-0.39, 0.29) is 17.2 Å². The Hall–Kier alpha value is -1.61. The van der Waals surface area contributed by atoms with Crippen LogP contribution in [0.4, 0.5) is 5.69 Å². The number of sulfone groups is 1. The Morgan fingerprint density at radius 1 is 1.19 bits per heavy atom. The largest absolute Gasteiger partial charge is 0.297 e. The van der Waals surface area contributed by atoms with Crippen molar-refractivity contribution in [2.75, 3.05) is 24.6 Å². The first-order chi connectivity index (χ1) is 12.7.